The SMILES string of the molecule is N#Cc1cc2c(cc1C#N)=CC(C#N)C(C#N)C=2. The standard InChI is InChI=1S/C14H6N4/c15-5-11-1-9-2-13(7-17)14(8-18)4-10(9)3-12(11)6-16/h1-4,11-12H. The Balaban J connectivity index is 2.80. The molecule has 0 heterocycles. The molecule has 1 aromatic rings. The van der Waals surface area contributed by atoms with Gasteiger partial charge in [-0.2, -0.15) is 21.0 Å². The lowest BCUT2D eigenvalue weighted by molar-refractivity contribution is 0.758. The van der Waals surface area contributed by atoms with Crippen LogP contribution in [-0.2, 0) is 0 Å². The van der Waals surface area contributed by atoms with Crippen LogP contribution in [0, 0.1) is 57.2 Å². The second kappa shape index (κ2) is 4.42. The van der Waals surface area contributed by atoms with Crippen molar-refractivity contribution in [1.82, 2.24) is 0 Å². The van der Waals surface area contributed by atoms with Gasteiger partial charge in [0.15, 0.2) is 0 Å². The molecule has 0 spiro atoms. The lowest BCUT2D eigenvalue weighted by Crippen LogP contribution is -2.33. The Hall–Kier alpha value is -3.08. The molecule has 82 valence electrons. The number of hydrogen-bond acceptors (Lipinski definition) is 4. The average molecular weight is 230 g/mol. The summed E-state index contributed by atoms with van der Waals surface area (Å²) in [5.41, 5.74) is 0.570. The lowest BCUT2D eigenvalue weighted by atomic mass is 9.87. The zero-order valence-electron chi connectivity index (χ0n) is 9.25. The van der Waals surface area contributed by atoms with Crippen LogP contribution >= 0.6 is 0 Å². The summed E-state index contributed by atoms with van der Waals surface area (Å²) in [7, 11) is 0. The zero-order valence-corrected chi connectivity index (χ0v) is 9.25. The van der Waals surface area contributed by atoms with E-state index in [1.165, 1.54) is 0 Å². The van der Waals surface area contributed by atoms with Crippen molar-refractivity contribution in [2.45, 2.75) is 0 Å². The van der Waals surface area contributed by atoms with E-state index in [0.717, 1.165) is 10.4 Å². The van der Waals surface area contributed by atoms with E-state index in [4.69, 9.17) is 21.0 Å². The Morgan fingerprint density at radius 1 is 0.722 bits per heavy atom. The maximum absolute atomic E-state index is 8.98. The van der Waals surface area contributed by atoms with Crippen molar-refractivity contribution in [3.8, 4) is 24.3 Å². The molecule has 1 aliphatic rings. The van der Waals surface area contributed by atoms with Crippen molar-refractivity contribution in [3.05, 3.63) is 33.7 Å². The fraction of sp³-hybridized carbons (Fsp3) is 0.143. The molecule has 0 aliphatic heterocycles. The van der Waals surface area contributed by atoms with Crippen LogP contribution in [0.3, 0.4) is 0 Å². The van der Waals surface area contributed by atoms with E-state index in [1.54, 1.807) is 24.3 Å². The summed E-state index contributed by atoms with van der Waals surface area (Å²) in [5, 5.41) is 37.3. The third kappa shape index (κ3) is 1.69. The van der Waals surface area contributed by atoms with Crippen molar-refractivity contribution < 1.29 is 0 Å². The molecule has 1 aliphatic carbocycles. The summed E-state index contributed by atoms with van der Waals surface area (Å²) in [5.74, 6) is -1.02. The zero-order chi connectivity index (χ0) is 13.1. The topological polar surface area (TPSA) is 95.2 Å². The molecular formula is C14H6N4. The summed E-state index contributed by atoms with van der Waals surface area (Å²) < 4.78 is 0. The molecule has 0 saturated carbocycles. The molecule has 2 atom stereocenters. The van der Waals surface area contributed by atoms with E-state index < -0.39 is 11.8 Å². The Bertz CT molecular complexity index is 722. The number of nitrogens with zero attached hydrogens (tertiary/aromatic N) is 4. The van der Waals surface area contributed by atoms with Gasteiger partial charge < -0.3 is 0 Å². The minimum absolute atomic E-state index is 0.285. The van der Waals surface area contributed by atoms with E-state index in [0.29, 0.717) is 0 Å². The Kier molecular flexibility index (Phi) is 2.80. The first-order valence-corrected chi connectivity index (χ1v) is 5.20. The summed E-state index contributed by atoms with van der Waals surface area (Å²) in [6.07, 6.45) is 3.34. The minimum atomic E-state index is -0.512. The average Bonchev–Trinajstić information content (AvgIpc) is 2.43. The number of hydrogen-bond donors (Lipinski definition) is 0. The van der Waals surface area contributed by atoms with Crippen molar-refractivity contribution in [2.24, 2.45) is 11.8 Å². The van der Waals surface area contributed by atoms with Gasteiger partial charge in [0, 0.05) is 0 Å². The number of rotatable bonds is 0. The maximum Gasteiger partial charge on any atom is 0.101 e. The van der Waals surface area contributed by atoms with E-state index in [-0.39, 0.29) is 11.1 Å². The first-order chi connectivity index (χ1) is 8.73. The van der Waals surface area contributed by atoms with Crippen molar-refractivity contribution in [2.75, 3.05) is 0 Å². The molecule has 2 unspecified atom stereocenters. The van der Waals surface area contributed by atoms with Crippen LogP contribution in [0.2, 0.25) is 0 Å². The lowest BCUT2D eigenvalue weighted by Gasteiger charge is -2.12. The van der Waals surface area contributed by atoms with Crippen LogP contribution in [-0.4, -0.2) is 0 Å². The quantitative estimate of drug-likeness (QED) is 0.639. The molecule has 18 heavy (non-hydrogen) atoms. The number of nitriles is 4. The number of fused-ring (bicyclic) bond motifs is 1. The first kappa shape index (κ1) is 11.4. The predicted octanol–water partition coefficient (Wildman–Crippen LogP) is 0.284. The highest BCUT2D eigenvalue weighted by atomic mass is 14.3. The van der Waals surface area contributed by atoms with Crippen LogP contribution in [0.15, 0.2) is 12.1 Å². The monoisotopic (exact) mass is 230 g/mol. The van der Waals surface area contributed by atoms with Gasteiger partial charge in [0.2, 0.25) is 0 Å². The minimum Gasteiger partial charge on any atom is -0.198 e. The Morgan fingerprint density at radius 2 is 1.11 bits per heavy atom. The molecule has 4 heteroatoms. The highest BCUT2D eigenvalue weighted by Crippen LogP contribution is 2.16. The normalized spacial score (nSPS) is 19.8. The molecule has 0 N–H and O–H groups in total. The molecule has 1 aromatic carbocycles. The van der Waals surface area contributed by atoms with E-state index in [2.05, 4.69) is 12.1 Å². The molecule has 0 saturated heterocycles. The highest BCUT2D eigenvalue weighted by Gasteiger charge is 2.19. The van der Waals surface area contributed by atoms with Crippen LogP contribution in [0.5, 0.6) is 0 Å². The molecular weight excluding hydrogens is 224 g/mol. The third-order valence-corrected chi connectivity index (χ3v) is 2.87. The van der Waals surface area contributed by atoms with Crippen molar-refractivity contribution >= 4 is 12.2 Å². The number of benzene rings is 1. The maximum atomic E-state index is 8.98. The molecule has 0 bridgehead atoms. The van der Waals surface area contributed by atoms with Crippen LogP contribution in [0.25, 0.3) is 12.2 Å². The largest absolute Gasteiger partial charge is 0.198 e. The first-order valence-electron chi connectivity index (χ1n) is 5.20. The molecule has 0 fully saturated rings. The van der Waals surface area contributed by atoms with Crippen LogP contribution in [0.1, 0.15) is 11.1 Å². The van der Waals surface area contributed by atoms with Gasteiger partial charge in [0.25, 0.3) is 0 Å². The molecule has 4 nitrogen and oxygen atoms in total. The van der Waals surface area contributed by atoms with E-state index >= 15 is 0 Å². The fourth-order valence-corrected chi connectivity index (χ4v) is 1.94. The third-order valence-electron chi connectivity index (χ3n) is 2.87. The highest BCUT2D eigenvalue weighted by molar-refractivity contribution is 5.54. The summed E-state index contributed by atoms with van der Waals surface area (Å²) in [6, 6.07) is 11.2. The van der Waals surface area contributed by atoms with Gasteiger partial charge in [0.05, 0.1) is 35.1 Å². The second-order valence-corrected chi connectivity index (χ2v) is 3.89. The van der Waals surface area contributed by atoms with Gasteiger partial charge in [-0.05, 0) is 22.6 Å². The van der Waals surface area contributed by atoms with Gasteiger partial charge in [-0.25, -0.2) is 0 Å². The van der Waals surface area contributed by atoms with Gasteiger partial charge in [0.1, 0.15) is 12.1 Å². The van der Waals surface area contributed by atoms with Gasteiger partial charge in [-0.15, -0.1) is 0 Å². The molecule has 0 aromatic heterocycles. The summed E-state index contributed by atoms with van der Waals surface area (Å²) in [4.78, 5) is 0. The summed E-state index contributed by atoms with van der Waals surface area (Å²) >= 11 is 0. The Morgan fingerprint density at radius 3 is 1.39 bits per heavy atom. The molecule has 0 radical (unpaired) electrons. The van der Waals surface area contributed by atoms with Gasteiger partial charge in [-0.3, -0.25) is 0 Å². The van der Waals surface area contributed by atoms with E-state index in [9.17, 15) is 0 Å². The van der Waals surface area contributed by atoms with Gasteiger partial charge in [-0.1, -0.05) is 12.2 Å². The Labute approximate surface area is 104 Å². The van der Waals surface area contributed by atoms with Gasteiger partial charge >= 0.3 is 0 Å². The summed E-state index contributed by atoms with van der Waals surface area (Å²) in [6.45, 7) is 0. The van der Waals surface area contributed by atoms with Crippen molar-refractivity contribution in [3.63, 3.8) is 0 Å². The molecule has 2 rings (SSSR count). The van der Waals surface area contributed by atoms with E-state index in [1.807, 2.05) is 12.1 Å². The molecule has 0 amide bonds. The van der Waals surface area contributed by atoms with Crippen molar-refractivity contribution in [1.29, 1.82) is 21.0 Å². The fourth-order valence-electron chi connectivity index (χ4n) is 1.94. The van der Waals surface area contributed by atoms with Crippen LogP contribution < -0.4 is 10.4 Å². The van der Waals surface area contributed by atoms with Crippen LogP contribution in [0.4, 0.5) is 0 Å². The second-order valence-electron chi connectivity index (χ2n) is 3.89. The predicted molar refractivity (Wildman–Crippen MR) is 62.3 cm³/mol. The smallest absolute Gasteiger partial charge is 0.101 e.